The fraction of sp³-hybridized carbons (Fsp3) is 0.111. The van der Waals surface area contributed by atoms with Crippen molar-refractivity contribution in [1.82, 2.24) is 9.61 Å². The first-order valence-electron chi connectivity index (χ1n) is 3.87. The molecule has 0 bridgehead atoms. The Morgan fingerprint density at radius 3 is 2.86 bits per heavy atom. The summed E-state index contributed by atoms with van der Waals surface area (Å²) >= 11 is 6.85. The van der Waals surface area contributed by atoms with Crippen LogP contribution < -0.4 is 0 Å². The van der Waals surface area contributed by atoms with Crippen LogP contribution in [0.1, 0.15) is 11.1 Å². The number of nitriles is 1. The van der Waals surface area contributed by atoms with E-state index in [9.17, 15) is 0 Å². The number of hydrogen-bond donors (Lipinski definition) is 0. The van der Waals surface area contributed by atoms with Crippen LogP contribution in [0.2, 0.25) is 0 Å². The standard InChI is InChI=1S/C9H5Br2N3/c1-5-2-7(10)8-6(3-12)4-13-14(8)9(5)11/h2,4H,1H3. The number of pyridine rings is 1. The van der Waals surface area contributed by atoms with E-state index >= 15 is 0 Å². The first-order chi connectivity index (χ1) is 6.65. The SMILES string of the molecule is Cc1cc(Br)c2c(C#N)cnn2c1Br. The van der Waals surface area contributed by atoms with Gasteiger partial charge in [0, 0.05) is 4.47 Å². The van der Waals surface area contributed by atoms with Crippen LogP contribution in [0.5, 0.6) is 0 Å². The maximum atomic E-state index is 8.87. The molecule has 0 aliphatic heterocycles. The third-order valence-electron chi connectivity index (χ3n) is 1.97. The van der Waals surface area contributed by atoms with Crippen molar-refractivity contribution in [3.05, 3.63) is 32.5 Å². The summed E-state index contributed by atoms with van der Waals surface area (Å²) in [5, 5.41) is 13.0. The molecule has 0 radical (unpaired) electrons. The molecule has 0 saturated carbocycles. The van der Waals surface area contributed by atoms with E-state index in [-0.39, 0.29) is 0 Å². The Bertz CT molecular complexity index is 551. The molecule has 0 saturated heterocycles. The van der Waals surface area contributed by atoms with Crippen LogP contribution >= 0.6 is 31.9 Å². The van der Waals surface area contributed by atoms with E-state index in [1.165, 1.54) is 0 Å². The molecule has 0 fully saturated rings. The van der Waals surface area contributed by atoms with E-state index in [1.807, 2.05) is 13.0 Å². The average Bonchev–Trinajstić information content (AvgIpc) is 2.58. The zero-order valence-corrected chi connectivity index (χ0v) is 10.4. The van der Waals surface area contributed by atoms with E-state index in [0.29, 0.717) is 5.56 Å². The minimum atomic E-state index is 0.567. The topological polar surface area (TPSA) is 41.1 Å². The van der Waals surface area contributed by atoms with Crippen molar-refractivity contribution < 1.29 is 0 Å². The third-order valence-corrected chi connectivity index (χ3v) is 3.54. The van der Waals surface area contributed by atoms with Gasteiger partial charge in [0.2, 0.25) is 0 Å². The zero-order chi connectivity index (χ0) is 10.3. The lowest BCUT2D eigenvalue weighted by Gasteiger charge is -2.03. The fourth-order valence-corrected chi connectivity index (χ4v) is 2.40. The third kappa shape index (κ3) is 1.26. The van der Waals surface area contributed by atoms with E-state index in [2.05, 4.69) is 43.0 Å². The molecule has 2 rings (SSSR count). The van der Waals surface area contributed by atoms with Gasteiger partial charge in [-0.2, -0.15) is 10.4 Å². The smallest absolute Gasteiger partial charge is 0.111 e. The maximum absolute atomic E-state index is 8.87. The lowest BCUT2D eigenvalue weighted by atomic mass is 10.2. The summed E-state index contributed by atoms with van der Waals surface area (Å²) in [4.78, 5) is 0. The number of hydrogen-bond acceptors (Lipinski definition) is 2. The monoisotopic (exact) mass is 313 g/mol. The summed E-state index contributed by atoms with van der Waals surface area (Å²) in [5.74, 6) is 0. The molecule has 2 aromatic rings. The molecule has 0 spiro atoms. The van der Waals surface area contributed by atoms with Crippen molar-refractivity contribution >= 4 is 37.4 Å². The molecule has 2 aromatic heterocycles. The highest BCUT2D eigenvalue weighted by molar-refractivity contribution is 9.11. The second kappa shape index (κ2) is 3.37. The lowest BCUT2D eigenvalue weighted by molar-refractivity contribution is 0.921. The summed E-state index contributed by atoms with van der Waals surface area (Å²) in [6.07, 6.45) is 1.56. The predicted octanol–water partition coefficient (Wildman–Crippen LogP) is 3.04. The van der Waals surface area contributed by atoms with Gasteiger partial charge in [-0.05, 0) is 50.4 Å². The van der Waals surface area contributed by atoms with Crippen molar-refractivity contribution in [2.75, 3.05) is 0 Å². The summed E-state index contributed by atoms with van der Waals surface area (Å²) < 4.78 is 3.46. The number of halogens is 2. The van der Waals surface area contributed by atoms with E-state index in [0.717, 1.165) is 20.2 Å². The van der Waals surface area contributed by atoms with Gasteiger partial charge in [-0.15, -0.1) is 0 Å². The van der Waals surface area contributed by atoms with Gasteiger partial charge >= 0.3 is 0 Å². The van der Waals surface area contributed by atoms with Gasteiger partial charge in [-0.3, -0.25) is 0 Å². The predicted molar refractivity (Wildman–Crippen MR) is 60.0 cm³/mol. The first-order valence-corrected chi connectivity index (χ1v) is 5.46. The number of aryl methyl sites for hydroxylation is 1. The van der Waals surface area contributed by atoms with E-state index in [1.54, 1.807) is 10.7 Å². The maximum Gasteiger partial charge on any atom is 0.111 e. The molecule has 0 aliphatic carbocycles. The van der Waals surface area contributed by atoms with Gasteiger partial charge in [0.25, 0.3) is 0 Å². The molecular formula is C9H5Br2N3. The Morgan fingerprint density at radius 1 is 1.50 bits per heavy atom. The second-order valence-electron chi connectivity index (χ2n) is 2.90. The molecule has 3 nitrogen and oxygen atoms in total. The van der Waals surface area contributed by atoms with Gasteiger partial charge in [-0.1, -0.05) is 0 Å². The zero-order valence-electron chi connectivity index (χ0n) is 7.25. The summed E-state index contributed by atoms with van der Waals surface area (Å²) in [6.45, 7) is 1.97. The number of nitrogens with zero attached hydrogens (tertiary/aromatic N) is 3. The molecule has 70 valence electrons. The summed E-state index contributed by atoms with van der Waals surface area (Å²) in [7, 11) is 0. The molecule has 14 heavy (non-hydrogen) atoms. The molecule has 0 aliphatic rings. The second-order valence-corrected chi connectivity index (χ2v) is 4.50. The lowest BCUT2D eigenvalue weighted by Crippen LogP contribution is -1.93. The van der Waals surface area contributed by atoms with Crippen molar-refractivity contribution in [3.8, 4) is 6.07 Å². The van der Waals surface area contributed by atoms with Crippen LogP contribution in [-0.2, 0) is 0 Å². The van der Waals surface area contributed by atoms with Gasteiger partial charge < -0.3 is 0 Å². The summed E-state index contributed by atoms with van der Waals surface area (Å²) in [5.41, 5.74) is 2.43. The van der Waals surface area contributed by atoms with Crippen molar-refractivity contribution in [2.45, 2.75) is 6.92 Å². The highest BCUT2D eigenvalue weighted by atomic mass is 79.9. The average molecular weight is 315 g/mol. The minimum Gasteiger partial charge on any atom is -0.224 e. The Morgan fingerprint density at radius 2 is 2.21 bits per heavy atom. The van der Waals surface area contributed by atoms with Crippen LogP contribution in [0, 0.1) is 18.3 Å². The normalized spacial score (nSPS) is 10.4. The van der Waals surface area contributed by atoms with Gasteiger partial charge in [0.1, 0.15) is 10.7 Å². The quantitative estimate of drug-likeness (QED) is 0.701. The highest BCUT2D eigenvalue weighted by Crippen LogP contribution is 2.27. The van der Waals surface area contributed by atoms with E-state index < -0.39 is 0 Å². The molecule has 0 atom stereocenters. The minimum absolute atomic E-state index is 0.567. The van der Waals surface area contributed by atoms with Crippen LogP contribution in [0.3, 0.4) is 0 Å². The Labute approximate surface area is 97.6 Å². The Hall–Kier alpha value is -0.860. The molecule has 0 N–H and O–H groups in total. The van der Waals surface area contributed by atoms with Crippen LogP contribution in [0.25, 0.3) is 5.52 Å². The van der Waals surface area contributed by atoms with Crippen molar-refractivity contribution in [3.63, 3.8) is 0 Å². The molecule has 5 heteroatoms. The van der Waals surface area contributed by atoms with Gasteiger partial charge in [-0.25, -0.2) is 4.52 Å². The van der Waals surface area contributed by atoms with Crippen molar-refractivity contribution in [2.24, 2.45) is 0 Å². The Balaban J connectivity index is 2.99. The van der Waals surface area contributed by atoms with E-state index in [4.69, 9.17) is 5.26 Å². The highest BCUT2D eigenvalue weighted by Gasteiger charge is 2.11. The van der Waals surface area contributed by atoms with Gasteiger partial charge in [0.05, 0.1) is 17.3 Å². The number of rotatable bonds is 0. The Kier molecular flexibility index (Phi) is 2.33. The number of aromatic nitrogens is 2. The number of fused-ring (bicyclic) bond motifs is 1. The fourth-order valence-electron chi connectivity index (χ4n) is 1.29. The molecule has 2 heterocycles. The summed E-state index contributed by atoms with van der Waals surface area (Å²) in [6, 6.07) is 4.06. The molecular weight excluding hydrogens is 310 g/mol. The van der Waals surface area contributed by atoms with Gasteiger partial charge in [0.15, 0.2) is 0 Å². The molecule has 0 unspecified atom stereocenters. The van der Waals surface area contributed by atoms with Crippen LogP contribution in [0.15, 0.2) is 21.3 Å². The molecule has 0 amide bonds. The first kappa shape index (κ1) is 9.69. The van der Waals surface area contributed by atoms with Crippen molar-refractivity contribution in [1.29, 1.82) is 5.26 Å². The molecule has 0 aromatic carbocycles. The van der Waals surface area contributed by atoms with Crippen LogP contribution in [0.4, 0.5) is 0 Å². The van der Waals surface area contributed by atoms with Crippen LogP contribution in [-0.4, -0.2) is 9.61 Å². The largest absolute Gasteiger partial charge is 0.224 e.